The molecule has 3 aromatic rings. The van der Waals surface area contributed by atoms with E-state index in [1.165, 1.54) is 0 Å². The summed E-state index contributed by atoms with van der Waals surface area (Å²) in [5, 5.41) is 11.1. The molecule has 0 radical (unpaired) electrons. The van der Waals surface area contributed by atoms with Crippen LogP contribution in [0.3, 0.4) is 0 Å². The van der Waals surface area contributed by atoms with Crippen LogP contribution in [0.2, 0.25) is 0 Å². The number of benzene rings is 2. The first-order valence-electron chi connectivity index (χ1n) is 9.51. The molecule has 0 aliphatic carbocycles. The largest absolute Gasteiger partial charge is 0.497 e. The molecule has 1 heterocycles. The van der Waals surface area contributed by atoms with Gasteiger partial charge in [-0.2, -0.15) is 0 Å². The highest BCUT2D eigenvalue weighted by Gasteiger charge is 2.21. The van der Waals surface area contributed by atoms with Crippen molar-refractivity contribution in [3.05, 3.63) is 53.3 Å². The number of aromatic nitrogens is 3. The van der Waals surface area contributed by atoms with E-state index in [4.69, 9.17) is 15.2 Å². The summed E-state index contributed by atoms with van der Waals surface area (Å²) in [4.78, 5) is 12.9. The van der Waals surface area contributed by atoms with Crippen molar-refractivity contribution in [3.63, 3.8) is 0 Å². The van der Waals surface area contributed by atoms with Gasteiger partial charge in [0.1, 0.15) is 17.2 Å². The number of hydrogen-bond acceptors (Lipinski definition) is 6. The maximum absolute atomic E-state index is 12.9. The molecule has 0 saturated carbocycles. The highest BCUT2D eigenvalue weighted by atomic mass is 16.5. The van der Waals surface area contributed by atoms with Gasteiger partial charge < -0.3 is 20.5 Å². The number of amides is 1. The molecule has 0 saturated heterocycles. The van der Waals surface area contributed by atoms with E-state index in [-0.39, 0.29) is 17.0 Å². The van der Waals surface area contributed by atoms with Crippen molar-refractivity contribution >= 4 is 17.3 Å². The number of ether oxygens (including phenoxy) is 2. The second-order valence-electron chi connectivity index (χ2n) is 8.02. The smallest absolute Gasteiger partial charge is 0.278 e. The molecule has 0 atom stereocenters. The van der Waals surface area contributed by atoms with Gasteiger partial charge in [0.25, 0.3) is 5.91 Å². The first-order valence-corrected chi connectivity index (χ1v) is 9.51. The number of anilines is 2. The highest BCUT2D eigenvalue weighted by Crippen LogP contribution is 2.30. The standard InChI is InChI=1S/C22H27N5O3/c1-13-20(21(28)24-16-10-14(22(2,3)4)9-15(23)11-16)25-26-27(13)18-12-17(29-5)7-8-19(18)30-6/h7-12H,23H2,1-6H3,(H,24,28). The van der Waals surface area contributed by atoms with E-state index in [1.54, 1.807) is 50.1 Å². The molecular weight excluding hydrogens is 382 g/mol. The van der Waals surface area contributed by atoms with Gasteiger partial charge in [-0.15, -0.1) is 5.10 Å². The third-order valence-electron chi connectivity index (χ3n) is 4.80. The lowest BCUT2D eigenvalue weighted by Crippen LogP contribution is -2.16. The third-order valence-corrected chi connectivity index (χ3v) is 4.80. The number of nitrogens with zero attached hydrogens (tertiary/aromatic N) is 3. The fraction of sp³-hybridized carbons (Fsp3) is 0.318. The minimum absolute atomic E-state index is 0.100. The minimum atomic E-state index is -0.369. The summed E-state index contributed by atoms with van der Waals surface area (Å²) >= 11 is 0. The predicted molar refractivity (Wildman–Crippen MR) is 117 cm³/mol. The van der Waals surface area contributed by atoms with E-state index >= 15 is 0 Å². The Morgan fingerprint density at radius 2 is 1.83 bits per heavy atom. The summed E-state index contributed by atoms with van der Waals surface area (Å²) in [7, 11) is 3.15. The molecule has 2 aromatic carbocycles. The van der Waals surface area contributed by atoms with E-state index < -0.39 is 0 Å². The maximum atomic E-state index is 12.9. The van der Waals surface area contributed by atoms with Crippen molar-refractivity contribution in [2.24, 2.45) is 0 Å². The summed E-state index contributed by atoms with van der Waals surface area (Å²) in [6.45, 7) is 8.04. The van der Waals surface area contributed by atoms with Gasteiger partial charge in [0.05, 0.1) is 19.9 Å². The lowest BCUT2D eigenvalue weighted by molar-refractivity contribution is 0.102. The normalized spacial score (nSPS) is 11.3. The Balaban J connectivity index is 1.94. The van der Waals surface area contributed by atoms with Crippen molar-refractivity contribution in [3.8, 4) is 17.2 Å². The molecule has 0 spiro atoms. The van der Waals surface area contributed by atoms with Crippen molar-refractivity contribution in [2.75, 3.05) is 25.3 Å². The van der Waals surface area contributed by atoms with Crippen LogP contribution in [-0.2, 0) is 5.41 Å². The van der Waals surface area contributed by atoms with Crippen LogP contribution in [0.5, 0.6) is 11.5 Å². The fourth-order valence-corrected chi connectivity index (χ4v) is 3.08. The third kappa shape index (κ3) is 4.22. The molecule has 3 N–H and O–H groups in total. The average Bonchev–Trinajstić information content (AvgIpc) is 3.07. The van der Waals surface area contributed by atoms with Gasteiger partial charge in [0, 0.05) is 17.4 Å². The van der Waals surface area contributed by atoms with Crippen LogP contribution < -0.4 is 20.5 Å². The topological polar surface area (TPSA) is 104 Å². The van der Waals surface area contributed by atoms with Gasteiger partial charge in [-0.05, 0) is 48.2 Å². The van der Waals surface area contributed by atoms with Crippen molar-refractivity contribution in [1.82, 2.24) is 15.0 Å². The molecule has 1 amide bonds. The maximum Gasteiger partial charge on any atom is 0.278 e. The fourth-order valence-electron chi connectivity index (χ4n) is 3.08. The molecule has 1 aromatic heterocycles. The Morgan fingerprint density at radius 3 is 2.47 bits per heavy atom. The van der Waals surface area contributed by atoms with Gasteiger partial charge in [0.2, 0.25) is 0 Å². The van der Waals surface area contributed by atoms with Crippen LogP contribution in [0.4, 0.5) is 11.4 Å². The zero-order valence-electron chi connectivity index (χ0n) is 18.1. The van der Waals surface area contributed by atoms with Crippen LogP contribution in [0.25, 0.3) is 5.69 Å². The second kappa shape index (κ2) is 8.06. The Kier molecular flexibility index (Phi) is 5.69. The van der Waals surface area contributed by atoms with E-state index in [0.29, 0.717) is 34.3 Å². The van der Waals surface area contributed by atoms with Crippen LogP contribution in [0.1, 0.15) is 42.5 Å². The second-order valence-corrected chi connectivity index (χ2v) is 8.02. The molecule has 0 bridgehead atoms. The van der Waals surface area contributed by atoms with Crippen molar-refractivity contribution in [2.45, 2.75) is 33.1 Å². The highest BCUT2D eigenvalue weighted by molar-refractivity contribution is 6.03. The Hall–Kier alpha value is -3.55. The number of nitrogen functional groups attached to an aromatic ring is 1. The first-order chi connectivity index (χ1) is 14.1. The molecule has 0 aliphatic heterocycles. The number of carbonyl (C=O) groups excluding carboxylic acids is 1. The predicted octanol–water partition coefficient (Wildman–Crippen LogP) is 3.72. The van der Waals surface area contributed by atoms with Gasteiger partial charge in [-0.1, -0.05) is 26.0 Å². The van der Waals surface area contributed by atoms with E-state index in [9.17, 15) is 4.79 Å². The zero-order chi connectivity index (χ0) is 22.1. The molecule has 0 aliphatic rings. The van der Waals surface area contributed by atoms with Crippen LogP contribution in [0, 0.1) is 6.92 Å². The summed E-state index contributed by atoms with van der Waals surface area (Å²) < 4.78 is 12.3. The van der Waals surface area contributed by atoms with Gasteiger partial charge in [-0.3, -0.25) is 4.79 Å². The lowest BCUT2D eigenvalue weighted by atomic mass is 9.86. The Bertz CT molecular complexity index is 1080. The Morgan fingerprint density at radius 1 is 1.10 bits per heavy atom. The number of rotatable bonds is 5. The monoisotopic (exact) mass is 409 g/mol. The number of nitrogens with two attached hydrogens (primary N) is 1. The van der Waals surface area contributed by atoms with E-state index in [0.717, 1.165) is 5.56 Å². The van der Waals surface area contributed by atoms with Crippen LogP contribution in [0.15, 0.2) is 36.4 Å². The Labute approximate surface area is 176 Å². The number of hydrogen-bond donors (Lipinski definition) is 2. The first kappa shape index (κ1) is 21.2. The quantitative estimate of drug-likeness (QED) is 0.622. The lowest BCUT2D eigenvalue weighted by Gasteiger charge is -2.20. The molecule has 3 rings (SSSR count). The van der Waals surface area contributed by atoms with Gasteiger partial charge in [-0.25, -0.2) is 4.68 Å². The molecule has 30 heavy (non-hydrogen) atoms. The molecular formula is C22H27N5O3. The molecule has 8 heteroatoms. The van der Waals surface area contributed by atoms with Gasteiger partial charge >= 0.3 is 0 Å². The van der Waals surface area contributed by atoms with Crippen molar-refractivity contribution < 1.29 is 14.3 Å². The number of nitrogens with one attached hydrogen (secondary N) is 1. The van der Waals surface area contributed by atoms with Crippen LogP contribution >= 0.6 is 0 Å². The molecule has 8 nitrogen and oxygen atoms in total. The molecule has 0 unspecified atom stereocenters. The van der Waals surface area contributed by atoms with Crippen molar-refractivity contribution in [1.29, 1.82) is 0 Å². The molecule has 158 valence electrons. The number of carbonyl (C=O) groups is 1. The van der Waals surface area contributed by atoms with Gasteiger partial charge in [0.15, 0.2) is 5.69 Å². The summed E-state index contributed by atoms with van der Waals surface area (Å²) in [5.74, 6) is 0.855. The SMILES string of the molecule is COc1ccc(OC)c(-n2nnc(C(=O)Nc3cc(N)cc(C(C)(C)C)c3)c2C)c1. The van der Waals surface area contributed by atoms with Crippen LogP contribution in [-0.4, -0.2) is 35.1 Å². The number of methoxy groups -OCH3 is 2. The minimum Gasteiger partial charge on any atom is -0.497 e. The van der Waals surface area contributed by atoms with E-state index in [1.807, 2.05) is 12.1 Å². The average molecular weight is 409 g/mol. The zero-order valence-corrected chi connectivity index (χ0v) is 18.1. The summed E-state index contributed by atoms with van der Waals surface area (Å²) in [6.07, 6.45) is 0. The summed E-state index contributed by atoms with van der Waals surface area (Å²) in [5.41, 5.74) is 9.55. The summed E-state index contributed by atoms with van der Waals surface area (Å²) in [6, 6.07) is 10.9. The molecule has 0 fully saturated rings. The van der Waals surface area contributed by atoms with E-state index in [2.05, 4.69) is 36.4 Å².